The molecular weight excluding hydrogens is 334 g/mol. The first-order valence-electron chi connectivity index (χ1n) is 10.3. The zero-order chi connectivity index (χ0) is 19.2. The highest BCUT2D eigenvalue weighted by Crippen LogP contribution is 2.25. The molecule has 0 saturated carbocycles. The summed E-state index contributed by atoms with van der Waals surface area (Å²) >= 11 is 0. The molecule has 0 spiro atoms. The maximum absolute atomic E-state index is 4.89. The average Bonchev–Trinajstić information content (AvgIpc) is 2.70. The lowest BCUT2D eigenvalue weighted by molar-refractivity contribution is 0.643. The van der Waals surface area contributed by atoms with Gasteiger partial charge in [0.2, 0.25) is 5.95 Å². The monoisotopic (exact) mass is 367 g/mol. The summed E-state index contributed by atoms with van der Waals surface area (Å²) in [7, 11) is 0. The molecule has 0 radical (unpaired) electrons. The Bertz CT molecular complexity index is 731. The largest absolute Gasteiger partial charge is 0.368 e. The first-order chi connectivity index (χ1) is 13.1. The van der Waals surface area contributed by atoms with Crippen LogP contribution in [0.25, 0.3) is 0 Å². The van der Waals surface area contributed by atoms with Crippen molar-refractivity contribution < 1.29 is 0 Å². The zero-order valence-corrected chi connectivity index (χ0v) is 17.3. The third kappa shape index (κ3) is 4.52. The number of hydrogen-bond acceptors (Lipinski definition) is 5. The van der Waals surface area contributed by atoms with Crippen LogP contribution in [-0.4, -0.2) is 49.2 Å². The Balaban J connectivity index is 1.69. The molecule has 1 aliphatic heterocycles. The van der Waals surface area contributed by atoms with Crippen molar-refractivity contribution in [2.45, 2.75) is 40.5 Å². The summed E-state index contributed by atoms with van der Waals surface area (Å²) in [5.41, 5.74) is 4.13. The van der Waals surface area contributed by atoms with E-state index < -0.39 is 0 Å². The molecule has 1 aliphatic rings. The number of piperazine rings is 1. The minimum atomic E-state index is 0.869. The van der Waals surface area contributed by atoms with E-state index in [0.717, 1.165) is 63.9 Å². The van der Waals surface area contributed by atoms with Crippen molar-refractivity contribution in [3.63, 3.8) is 0 Å². The molecule has 1 fully saturated rings. The van der Waals surface area contributed by atoms with Gasteiger partial charge in [-0.15, -0.1) is 0 Å². The van der Waals surface area contributed by atoms with Gasteiger partial charge in [-0.2, -0.15) is 4.98 Å². The first-order valence-corrected chi connectivity index (χ1v) is 10.3. The van der Waals surface area contributed by atoms with Crippen LogP contribution >= 0.6 is 0 Å². The molecule has 0 N–H and O–H groups in total. The van der Waals surface area contributed by atoms with Crippen LogP contribution in [0, 0.1) is 13.8 Å². The van der Waals surface area contributed by atoms with E-state index in [1.807, 2.05) is 12.3 Å². The van der Waals surface area contributed by atoms with Gasteiger partial charge < -0.3 is 14.7 Å². The van der Waals surface area contributed by atoms with Crippen molar-refractivity contribution in [2.24, 2.45) is 0 Å². The Labute approximate surface area is 164 Å². The third-order valence-corrected chi connectivity index (χ3v) is 5.42. The van der Waals surface area contributed by atoms with Crippen molar-refractivity contribution in [1.29, 1.82) is 0 Å². The van der Waals surface area contributed by atoms with Gasteiger partial charge in [0.25, 0.3) is 0 Å². The molecule has 0 atom stereocenters. The summed E-state index contributed by atoms with van der Waals surface area (Å²) in [6, 6.07) is 8.65. The summed E-state index contributed by atoms with van der Waals surface area (Å²) in [4.78, 5) is 16.6. The molecule has 1 aromatic heterocycles. The second kappa shape index (κ2) is 9.07. The number of aromatic nitrogens is 2. The standard InChI is InChI=1S/C22H33N5/c1-5-12-27(13-6-2)22-23-11-10-21(24-22)26-16-14-25(15-17-26)20-9-7-8-18(3)19(20)4/h7-11H,5-6,12-17H2,1-4H3. The molecule has 0 unspecified atom stereocenters. The van der Waals surface area contributed by atoms with Gasteiger partial charge in [-0.3, -0.25) is 0 Å². The van der Waals surface area contributed by atoms with Gasteiger partial charge in [0.15, 0.2) is 0 Å². The molecule has 2 aromatic rings. The molecule has 5 heteroatoms. The van der Waals surface area contributed by atoms with Gasteiger partial charge in [0.05, 0.1) is 0 Å². The first kappa shape index (κ1) is 19.5. The van der Waals surface area contributed by atoms with Crippen LogP contribution < -0.4 is 14.7 Å². The number of nitrogens with zero attached hydrogens (tertiary/aromatic N) is 5. The van der Waals surface area contributed by atoms with Crippen molar-refractivity contribution in [1.82, 2.24) is 9.97 Å². The summed E-state index contributed by atoms with van der Waals surface area (Å²) in [6.07, 6.45) is 4.14. The zero-order valence-electron chi connectivity index (χ0n) is 17.3. The van der Waals surface area contributed by atoms with Gasteiger partial charge in [-0.05, 0) is 49.9 Å². The number of aryl methyl sites for hydroxylation is 1. The summed E-state index contributed by atoms with van der Waals surface area (Å²) in [5.74, 6) is 1.92. The van der Waals surface area contributed by atoms with E-state index in [9.17, 15) is 0 Å². The normalized spacial score (nSPS) is 14.5. The lowest BCUT2D eigenvalue weighted by Gasteiger charge is -2.37. The molecule has 1 aromatic carbocycles. The molecular formula is C22H33N5. The fourth-order valence-electron chi connectivity index (χ4n) is 3.77. The lowest BCUT2D eigenvalue weighted by atomic mass is 10.1. The van der Waals surface area contributed by atoms with E-state index >= 15 is 0 Å². The topological polar surface area (TPSA) is 35.5 Å². The molecule has 0 aliphatic carbocycles. The highest BCUT2D eigenvalue weighted by molar-refractivity contribution is 5.57. The minimum absolute atomic E-state index is 0.869. The molecule has 0 amide bonds. The van der Waals surface area contributed by atoms with Gasteiger partial charge in [0.1, 0.15) is 5.82 Å². The average molecular weight is 368 g/mol. The number of hydrogen-bond donors (Lipinski definition) is 0. The fourth-order valence-corrected chi connectivity index (χ4v) is 3.77. The van der Waals surface area contributed by atoms with E-state index in [-0.39, 0.29) is 0 Å². The Hall–Kier alpha value is -2.30. The predicted octanol–water partition coefficient (Wildman–Crippen LogP) is 4.05. The van der Waals surface area contributed by atoms with Crippen molar-refractivity contribution in [3.05, 3.63) is 41.6 Å². The van der Waals surface area contributed by atoms with Crippen molar-refractivity contribution in [2.75, 3.05) is 54.0 Å². The maximum atomic E-state index is 4.89. The number of rotatable bonds is 7. The molecule has 2 heterocycles. The van der Waals surface area contributed by atoms with E-state index in [2.05, 4.69) is 65.6 Å². The van der Waals surface area contributed by atoms with Crippen molar-refractivity contribution >= 4 is 17.5 Å². The lowest BCUT2D eigenvalue weighted by Crippen LogP contribution is -2.47. The number of anilines is 3. The molecule has 5 nitrogen and oxygen atoms in total. The van der Waals surface area contributed by atoms with E-state index in [1.54, 1.807) is 0 Å². The highest BCUT2D eigenvalue weighted by Gasteiger charge is 2.20. The summed E-state index contributed by atoms with van der Waals surface area (Å²) < 4.78 is 0. The van der Waals surface area contributed by atoms with Crippen LogP contribution in [0.1, 0.15) is 37.8 Å². The second-order valence-electron chi connectivity index (χ2n) is 7.40. The molecule has 0 bridgehead atoms. The SMILES string of the molecule is CCCN(CCC)c1nccc(N2CCN(c3cccc(C)c3C)CC2)n1. The van der Waals surface area contributed by atoms with Gasteiger partial charge >= 0.3 is 0 Å². The molecule has 27 heavy (non-hydrogen) atoms. The predicted molar refractivity (Wildman–Crippen MR) is 115 cm³/mol. The maximum Gasteiger partial charge on any atom is 0.227 e. The Morgan fingerprint density at radius 2 is 1.59 bits per heavy atom. The third-order valence-electron chi connectivity index (χ3n) is 5.42. The van der Waals surface area contributed by atoms with E-state index in [1.165, 1.54) is 16.8 Å². The van der Waals surface area contributed by atoms with Crippen LogP contribution in [0.4, 0.5) is 17.5 Å². The molecule has 1 saturated heterocycles. The summed E-state index contributed by atoms with van der Waals surface area (Å²) in [5, 5.41) is 0. The Morgan fingerprint density at radius 1 is 0.926 bits per heavy atom. The smallest absolute Gasteiger partial charge is 0.227 e. The quantitative estimate of drug-likeness (QED) is 0.738. The number of benzene rings is 1. The Morgan fingerprint density at radius 3 is 2.26 bits per heavy atom. The van der Waals surface area contributed by atoms with Gasteiger partial charge in [-0.25, -0.2) is 4.98 Å². The second-order valence-corrected chi connectivity index (χ2v) is 7.40. The van der Waals surface area contributed by atoms with Crippen LogP contribution in [0.5, 0.6) is 0 Å². The molecule has 3 rings (SSSR count). The van der Waals surface area contributed by atoms with Crippen molar-refractivity contribution in [3.8, 4) is 0 Å². The van der Waals surface area contributed by atoms with Crippen LogP contribution in [0.3, 0.4) is 0 Å². The van der Waals surface area contributed by atoms with Gasteiger partial charge in [0, 0.05) is 51.2 Å². The van der Waals surface area contributed by atoms with Crippen LogP contribution in [0.15, 0.2) is 30.5 Å². The van der Waals surface area contributed by atoms with Crippen LogP contribution in [-0.2, 0) is 0 Å². The Kier molecular flexibility index (Phi) is 6.54. The van der Waals surface area contributed by atoms with E-state index in [4.69, 9.17) is 4.98 Å². The fraction of sp³-hybridized carbons (Fsp3) is 0.545. The minimum Gasteiger partial charge on any atom is -0.368 e. The van der Waals surface area contributed by atoms with Crippen LogP contribution in [0.2, 0.25) is 0 Å². The van der Waals surface area contributed by atoms with Gasteiger partial charge in [-0.1, -0.05) is 26.0 Å². The van der Waals surface area contributed by atoms with E-state index in [0.29, 0.717) is 0 Å². The highest BCUT2D eigenvalue weighted by atomic mass is 15.3. The molecule has 146 valence electrons. The summed E-state index contributed by atoms with van der Waals surface area (Å²) in [6.45, 7) is 14.9.